The van der Waals surface area contributed by atoms with E-state index in [-0.39, 0.29) is 12.1 Å². The van der Waals surface area contributed by atoms with Crippen LogP contribution in [0.3, 0.4) is 0 Å². The third-order valence-corrected chi connectivity index (χ3v) is 4.79. The van der Waals surface area contributed by atoms with E-state index < -0.39 is 0 Å². The largest absolute Gasteiger partial charge is 0.462 e. The maximum Gasteiger partial charge on any atom is 0.306 e. The molecule has 0 aliphatic rings. The smallest absolute Gasteiger partial charge is 0.306 e. The van der Waals surface area contributed by atoms with Gasteiger partial charge in [0.15, 0.2) is 0 Å². The first kappa shape index (κ1) is 23.5. The van der Waals surface area contributed by atoms with Gasteiger partial charge in [-0.3, -0.25) is 4.79 Å². The van der Waals surface area contributed by atoms with E-state index in [2.05, 4.69) is 20.8 Å². The molecule has 0 heterocycles. The van der Waals surface area contributed by atoms with Gasteiger partial charge >= 0.3 is 5.97 Å². The molecule has 0 amide bonds. The van der Waals surface area contributed by atoms with E-state index in [0.717, 1.165) is 32.1 Å². The first-order valence-corrected chi connectivity index (χ1v) is 10.9. The van der Waals surface area contributed by atoms with Crippen LogP contribution in [0.1, 0.15) is 130 Å². The summed E-state index contributed by atoms with van der Waals surface area (Å²) in [5, 5.41) is 0. The summed E-state index contributed by atoms with van der Waals surface area (Å²) in [6.45, 7) is 6.67. The molecule has 144 valence electrons. The van der Waals surface area contributed by atoms with Crippen LogP contribution in [-0.4, -0.2) is 12.1 Å². The molecular weight excluding hydrogens is 296 g/mol. The van der Waals surface area contributed by atoms with Crippen LogP contribution in [0.25, 0.3) is 0 Å². The fraction of sp³-hybridized carbons (Fsp3) is 0.955. The molecule has 0 aromatic rings. The molecule has 0 fully saturated rings. The predicted molar refractivity (Wildman–Crippen MR) is 105 cm³/mol. The molecule has 0 bridgehead atoms. The van der Waals surface area contributed by atoms with Crippen molar-refractivity contribution in [3.05, 3.63) is 0 Å². The lowest BCUT2D eigenvalue weighted by Crippen LogP contribution is -2.18. The van der Waals surface area contributed by atoms with Gasteiger partial charge in [0.1, 0.15) is 6.10 Å². The van der Waals surface area contributed by atoms with Gasteiger partial charge in [-0.25, -0.2) is 0 Å². The quantitative estimate of drug-likeness (QED) is 0.190. The highest BCUT2D eigenvalue weighted by Gasteiger charge is 2.13. The van der Waals surface area contributed by atoms with Gasteiger partial charge in [0.25, 0.3) is 0 Å². The Morgan fingerprint density at radius 1 is 0.625 bits per heavy atom. The number of ether oxygens (including phenoxy) is 1. The highest BCUT2D eigenvalue weighted by molar-refractivity contribution is 5.69. The highest BCUT2D eigenvalue weighted by atomic mass is 16.5. The Morgan fingerprint density at radius 2 is 1.04 bits per heavy atom. The molecule has 0 N–H and O–H groups in total. The van der Waals surface area contributed by atoms with Crippen LogP contribution < -0.4 is 0 Å². The minimum absolute atomic E-state index is 0.0342. The van der Waals surface area contributed by atoms with Crippen molar-refractivity contribution in [1.29, 1.82) is 0 Å². The number of hydrogen-bond acceptors (Lipinski definition) is 2. The Balaban J connectivity index is 3.92. The fourth-order valence-corrected chi connectivity index (χ4v) is 3.15. The van der Waals surface area contributed by atoms with Gasteiger partial charge in [-0.15, -0.1) is 0 Å². The molecule has 24 heavy (non-hydrogen) atoms. The third kappa shape index (κ3) is 16.3. The first-order valence-electron chi connectivity index (χ1n) is 10.9. The van der Waals surface area contributed by atoms with E-state index in [1.54, 1.807) is 0 Å². The normalized spacial score (nSPS) is 12.3. The van der Waals surface area contributed by atoms with Crippen LogP contribution in [0, 0.1) is 0 Å². The second-order valence-electron chi connectivity index (χ2n) is 7.33. The lowest BCUT2D eigenvalue weighted by Gasteiger charge is -2.18. The molecule has 0 rings (SSSR count). The first-order chi connectivity index (χ1) is 11.7. The zero-order chi connectivity index (χ0) is 17.9. The third-order valence-electron chi connectivity index (χ3n) is 4.79. The van der Waals surface area contributed by atoms with Gasteiger partial charge in [-0.2, -0.15) is 0 Å². The van der Waals surface area contributed by atoms with Crippen LogP contribution in [0.15, 0.2) is 0 Å². The topological polar surface area (TPSA) is 26.3 Å². The number of esters is 1. The number of hydrogen-bond donors (Lipinski definition) is 0. The van der Waals surface area contributed by atoms with Crippen molar-refractivity contribution in [2.75, 3.05) is 0 Å². The Labute approximate surface area is 152 Å². The van der Waals surface area contributed by atoms with Gasteiger partial charge < -0.3 is 4.74 Å². The van der Waals surface area contributed by atoms with Crippen LogP contribution >= 0.6 is 0 Å². The van der Waals surface area contributed by atoms with Gasteiger partial charge in [0.05, 0.1) is 0 Å². The molecule has 0 aromatic carbocycles. The summed E-state index contributed by atoms with van der Waals surface area (Å²) in [6.07, 6.45) is 20.5. The summed E-state index contributed by atoms with van der Waals surface area (Å²) in [5.41, 5.74) is 0. The van der Waals surface area contributed by atoms with Crippen molar-refractivity contribution >= 4 is 5.97 Å². The lowest BCUT2D eigenvalue weighted by atomic mass is 10.0. The van der Waals surface area contributed by atoms with E-state index in [9.17, 15) is 4.79 Å². The molecule has 0 aliphatic carbocycles. The van der Waals surface area contributed by atoms with Crippen molar-refractivity contribution in [3.63, 3.8) is 0 Å². The summed E-state index contributed by atoms with van der Waals surface area (Å²) >= 11 is 0. The average molecular weight is 341 g/mol. The summed E-state index contributed by atoms with van der Waals surface area (Å²) < 4.78 is 5.78. The van der Waals surface area contributed by atoms with Crippen LogP contribution in [0.4, 0.5) is 0 Å². The number of carbonyl (C=O) groups is 1. The van der Waals surface area contributed by atoms with E-state index in [1.165, 1.54) is 70.6 Å². The van der Waals surface area contributed by atoms with E-state index in [4.69, 9.17) is 4.74 Å². The van der Waals surface area contributed by atoms with Crippen LogP contribution in [0.5, 0.6) is 0 Å². The molecule has 0 saturated heterocycles. The molecule has 0 spiro atoms. The monoisotopic (exact) mass is 340 g/mol. The fourth-order valence-electron chi connectivity index (χ4n) is 3.15. The summed E-state index contributed by atoms with van der Waals surface area (Å²) in [7, 11) is 0. The molecule has 1 unspecified atom stereocenters. The molecule has 2 heteroatoms. The van der Waals surface area contributed by atoms with E-state index >= 15 is 0 Å². The van der Waals surface area contributed by atoms with Gasteiger partial charge in [-0.1, -0.05) is 91.4 Å². The van der Waals surface area contributed by atoms with Gasteiger partial charge in [0, 0.05) is 6.42 Å². The Kier molecular flexibility index (Phi) is 18.4. The molecule has 0 aliphatic heterocycles. The van der Waals surface area contributed by atoms with E-state index in [0.29, 0.717) is 6.42 Å². The minimum Gasteiger partial charge on any atom is -0.462 e. The van der Waals surface area contributed by atoms with Crippen molar-refractivity contribution < 1.29 is 9.53 Å². The second-order valence-corrected chi connectivity index (χ2v) is 7.33. The Bertz CT molecular complexity index is 263. The maximum atomic E-state index is 12.0. The second kappa shape index (κ2) is 18.8. The molecule has 0 aromatic heterocycles. The summed E-state index contributed by atoms with van der Waals surface area (Å²) in [6, 6.07) is 0. The molecule has 1 atom stereocenters. The van der Waals surface area contributed by atoms with Gasteiger partial charge in [-0.05, 0) is 32.1 Å². The predicted octanol–water partition coefficient (Wildman–Crippen LogP) is 7.59. The van der Waals surface area contributed by atoms with Crippen molar-refractivity contribution in [3.8, 4) is 0 Å². The van der Waals surface area contributed by atoms with Crippen LogP contribution in [0.2, 0.25) is 0 Å². The highest BCUT2D eigenvalue weighted by Crippen LogP contribution is 2.17. The molecule has 2 nitrogen and oxygen atoms in total. The Morgan fingerprint density at radius 3 is 1.58 bits per heavy atom. The summed E-state index contributed by atoms with van der Waals surface area (Å²) in [4.78, 5) is 12.0. The summed E-state index contributed by atoms with van der Waals surface area (Å²) in [5.74, 6) is 0.0342. The minimum atomic E-state index is 0.0342. The number of unbranched alkanes of at least 4 members (excludes halogenated alkanes) is 11. The van der Waals surface area contributed by atoms with Gasteiger partial charge in [0.2, 0.25) is 0 Å². The number of carbonyl (C=O) groups excluding carboxylic acids is 1. The molecular formula is C22H44O2. The van der Waals surface area contributed by atoms with Crippen molar-refractivity contribution in [2.24, 2.45) is 0 Å². The standard InChI is InChI=1S/C22H44O2/c1-4-7-10-12-13-14-17-19-21(18-16-11-8-5-2)24-22(23)20-15-9-6-3/h21H,4-20H2,1-3H3. The maximum absolute atomic E-state index is 12.0. The Hall–Kier alpha value is -0.530. The number of rotatable bonds is 18. The SMILES string of the molecule is CCCCCCCCCC(CCCCCC)OC(=O)CCCCC. The van der Waals surface area contributed by atoms with E-state index in [1.807, 2.05) is 0 Å². The molecule has 0 saturated carbocycles. The van der Waals surface area contributed by atoms with Crippen LogP contribution in [-0.2, 0) is 9.53 Å². The van der Waals surface area contributed by atoms with Crippen molar-refractivity contribution in [1.82, 2.24) is 0 Å². The zero-order valence-corrected chi connectivity index (χ0v) is 16.9. The molecule has 0 radical (unpaired) electrons. The zero-order valence-electron chi connectivity index (χ0n) is 16.9. The lowest BCUT2D eigenvalue weighted by molar-refractivity contribution is -0.150. The van der Waals surface area contributed by atoms with Crippen molar-refractivity contribution in [2.45, 2.75) is 136 Å². The average Bonchev–Trinajstić information content (AvgIpc) is 2.57.